The molecular weight excluding hydrogens is 626 g/mol. The lowest BCUT2D eigenvalue weighted by atomic mass is 9.85. The fourth-order valence-corrected chi connectivity index (χ4v) is 5.11. The number of carboxylic acids is 1. The number of ether oxygens (including phenoxy) is 2. The van der Waals surface area contributed by atoms with E-state index in [9.17, 15) is 14.4 Å². The minimum absolute atomic E-state index is 0.0416. The normalized spacial score (nSPS) is 13.5. The molecule has 2 aromatic rings. The maximum absolute atomic E-state index is 13.6. The first-order valence-electron chi connectivity index (χ1n) is 17.8. The van der Waals surface area contributed by atoms with E-state index in [1.807, 2.05) is 75.4 Å². The van der Waals surface area contributed by atoms with Crippen molar-refractivity contribution in [3.8, 4) is 0 Å². The molecular formula is C43H57NO6. The molecule has 0 bridgehead atoms. The third-order valence-electron chi connectivity index (χ3n) is 7.95. The van der Waals surface area contributed by atoms with Crippen LogP contribution in [0.15, 0.2) is 115 Å². The molecule has 0 saturated heterocycles. The largest absolute Gasteiger partial charge is 0.481 e. The Morgan fingerprint density at radius 1 is 0.780 bits per heavy atom. The Morgan fingerprint density at radius 3 is 1.92 bits per heavy atom. The average molecular weight is 684 g/mol. The maximum atomic E-state index is 13.6. The second-order valence-electron chi connectivity index (χ2n) is 12.8. The van der Waals surface area contributed by atoms with Gasteiger partial charge in [0, 0.05) is 18.4 Å². The van der Waals surface area contributed by atoms with Crippen LogP contribution >= 0.6 is 0 Å². The van der Waals surface area contributed by atoms with Crippen molar-refractivity contribution in [3.05, 3.63) is 132 Å². The molecule has 2 N–H and O–H groups in total. The minimum atomic E-state index is -1.05. The number of nitrogens with one attached hydrogen (secondary N) is 1. The van der Waals surface area contributed by atoms with Gasteiger partial charge in [-0.25, -0.2) is 0 Å². The molecule has 1 unspecified atom stereocenters. The molecule has 50 heavy (non-hydrogen) atoms. The summed E-state index contributed by atoms with van der Waals surface area (Å²) in [4.78, 5) is 37.4. The van der Waals surface area contributed by atoms with Gasteiger partial charge >= 0.3 is 11.9 Å². The van der Waals surface area contributed by atoms with Gasteiger partial charge in [-0.3, -0.25) is 14.4 Å². The maximum Gasteiger partial charge on any atom is 0.305 e. The first-order chi connectivity index (χ1) is 24.2. The van der Waals surface area contributed by atoms with Crippen LogP contribution < -0.4 is 5.32 Å². The molecule has 0 spiro atoms. The Balaban J connectivity index is 1.90. The van der Waals surface area contributed by atoms with E-state index in [4.69, 9.17) is 14.6 Å². The van der Waals surface area contributed by atoms with Crippen molar-refractivity contribution in [2.75, 3.05) is 13.2 Å². The molecule has 0 aliphatic carbocycles. The van der Waals surface area contributed by atoms with Gasteiger partial charge in [0.25, 0.3) is 0 Å². The summed E-state index contributed by atoms with van der Waals surface area (Å²) in [5.74, 6) is -1.81. The second-order valence-corrected chi connectivity index (χ2v) is 12.8. The zero-order chi connectivity index (χ0) is 36.5. The first kappa shape index (κ1) is 41.7. The molecule has 0 radical (unpaired) electrons. The van der Waals surface area contributed by atoms with Crippen molar-refractivity contribution in [2.45, 2.75) is 97.7 Å². The monoisotopic (exact) mass is 683 g/mol. The molecule has 0 aliphatic rings. The number of carbonyl (C=O) groups excluding carboxylic acids is 2. The van der Waals surface area contributed by atoms with Crippen molar-refractivity contribution >= 4 is 17.8 Å². The van der Waals surface area contributed by atoms with Crippen LogP contribution in [0.3, 0.4) is 0 Å². The van der Waals surface area contributed by atoms with Crippen molar-refractivity contribution in [1.29, 1.82) is 0 Å². The molecule has 0 aliphatic heterocycles. The number of amides is 1. The molecule has 0 fully saturated rings. The number of aryl methyl sites for hydroxylation is 1. The van der Waals surface area contributed by atoms with Gasteiger partial charge in [0.15, 0.2) is 0 Å². The van der Waals surface area contributed by atoms with E-state index in [2.05, 4.69) is 73.0 Å². The van der Waals surface area contributed by atoms with E-state index < -0.39 is 29.5 Å². The Hall–Kier alpha value is -4.49. The van der Waals surface area contributed by atoms with Crippen LogP contribution in [0, 0.1) is 12.3 Å². The lowest BCUT2D eigenvalue weighted by molar-refractivity contribution is -0.160. The molecule has 0 aromatic heterocycles. The number of unbranched alkanes of at least 4 members (excludes halogenated alkanes) is 1. The summed E-state index contributed by atoms with van der Waals surface area (Å²) in [5, 5.41) is 11.8. The van der Waals surface area contributed by atoms with Crippen LogP contribution in [0.1, 0.15) is 101 Å². The Morgan fingerprint density at radius 2 is 1.34 bits per heavy atom. The van der Waals surface area contributed by atoms with E-state index in [-0.39, 0.29) is 32.0 Å². The number of allylic oxidation sites excluding steroid dienone is 10. The number of carboxylic acid groups (broad SMARTS) is 1. The Labute approximate surface area is 299 Å². The number of esters is 1. The third kappa shape index (κ3) is 17.3. The highest BCUT2D eigenvalue weighted by molar-refractivity contribution is 5.82. The molecule has 2 aromatic carbocycles. The molecule has 2 rings (SSSR count). The van der Waals surface area contributed by atoms with Gasteiger partial charge in [-0.05, 0) is 68.6 Å². The Bertz CT molecular complexity index is 1440. The molecule has 0 heterocycles. The van der Waals surface area contributed by atoms with E-state index in [1.165, 1.54) is 0 Å². The van der Waals surface area contributed by atoms with Gasteiger partial charge in [-0.1, -0.05) is 136 Å². The van der Waals surface area contributed by atoms with Crippen LogP contribution in [0.2, 0.25) is 0 Å². The number of hydrogen-bond donors (Lipinski definition) is 2. The fraction of sp³-hybridized carbons (Fsp3) is 0.419. The second kappa shape index (κ2) is 24.6. The van der Waals surface area contributed by atoms with E-state index in [0.29, 0.717) is 6.42 Å². The van der Waals surface area contributed by atoms with Crippen LogP contribution in [0.25, 0.3) is 0 Å². The summed E-state index contributed by atoms with van der Waals surface area (Å²) in [6.07, 6.45) is 26.2. The summed E-state index contributed by atoms with van der Waals surface area (Å²) in [7, 11) is 0. The SMILES string of the molecule is CC/C=C\C/C=C\C/C=C\C/C=C\C/C=C/CCCC(=O)OCC(C)(C)[C@@H](OC(c1ccccc1)c1ccccc1C)C(=O)NCCC(=O)O. The van der Waals surface area contributed by atoms with Crippen molar-refractivity contribution in [2.24, 2.45) is 5.41 Å². The van der Waals surface area contributed by atoms with Gasteiger partial charge in [-0.2, -0.15) is 0 Å². The van der Waals surface area contributed by atoms with Gasteiger partial charge in [0.05, 0.1) is 13.0 Å². The fourth-order valence-electron chi connectivity index (χ4n) is 5.11. The number of hydrogen-bond acceptors (Lipinski definition) is 5. The van der Waals surface area contributed by atoms with Gasteiger partial charge in [0.2, 0.25) is 5.91 Å². The first-order valence-corrected chi connectivity index (χ1v) is 17.8. The van der Waals surface area contributed by atoms with E-state index >= 15 is 0 Å². The third-order valence-corrected chi connectivity index (χ3v) is 7.95. The van der Waals surface area contributed by atoms with Crippen molar-refractivity contribution in [3.63, 3.8) is 0 Å². The minimum Gasteiger partial charge on any atom is -0.481 e. The average Bonchev–Trinajstić information content (AvgIpc) is 3.09. The van der Waals surface area contributed by atoms with Gasteiger partial charge < -0.3 is 19.9 Å². The van der Waals surface area contributed by atoms with Crippen LogP contribution in [-0.4, -0.2) is 42.2 Å². The molecule has 7 heteroatoms. The number of rotatable bonds is 24. The van der Waals surface area contributed by atoms with Crippen molar-refractivity contribution in [1.82, 2.24) is 5.32 Å². The van der Waals surface area contributed by atoms with Crippen LogP contribution in [0.5, 0.6) is 0 Å². The lowest BCUT2D eigenvalue weighted by Crippen LogP contribution is -2.49. The molecule has 1 amide bonds. The summed E-state index contributed by atoms with van der Waals surface area (Å²) in [6.45, 7) is 7.68. The topological polar surface area (TPSA) is 102 Å². The van der Waals surface area contributed by atoms with Gasteiger partial charge in [0.1, 0.15) is 12.2 Å². The number of carbonyl (C=O) groups is 3. The molecule has 270 valence electrons. The van der Waals surface area contributed by atoms with Gasteiger partial charge in [-0.15, -0.1) is 0 Å². The summed E-state index contributed by atoms with van der Waals surface area (Å²) >= 11 is 0. The quantitative estimate of drug-likeness (QED) is 0.0649. The highest BCUT2D eigenvalue weighted by atomic mass is 16.5. The Kier molecular flexibility index (Phi) is 20.5. The van der Waals surface area contributed by atoms with E-state index in [0.717, 1.165) is 55.2 Å². The number of aliphatic carboxylic acids is 1. The zero-order valence-corrected chi connectivity index (χ0v) is 30.4. The molecule has 2 atom stereocenters. The number of benzene rings is 2. The highest BCUT2D eigenvalue weighted by Gasteiger charge is 2.40. The molecule has 7 nitrogen and oxygen atoms in total. The summed E-state index contributed by atoms with van der Waals surface area (Å²) < 4.78 is 12.3. The van der Waals surface area contributed by atoms with Crippen LogP contribution in [-0.2, 0) is 23.9 Å². The lowest BCUT2D eigenvalue weighted by Gasteiger charge is -2.36. The summed E-state index contributed by atoms with van der Waals surface area (Å²) in [5.41, 5.74) is 1.85. The predicted molar refractivity (Wildman–Crippen MR) is 203 cm³/mol. The molecule has 0 saturated carbocycles. The smallest absolute Gasteiger partial charge is 0.305 e. The highest BCUT2D eigenvalue weighted by Crippen LogP contribution is 2.35. The van der Waals surface area contributed by atoms with E-state index in [1.54, 1.807) is 0 Å². The zero-order valence-electron chi connectivity index (χ0n) is 30.4. The standard InChI is InChI=1S/C43H57NO6/c1-5-6-7-8-9-10-11-12-13-14-15-16-17-18-19-20-24-31-39(47)49-34-43(3,4)41(42(48)44-33-32-38(45)46)50-40(36-28-22-21-23-29-36)37-30-26-25-27-35(37)2/h6-7,9-10,12-13,15-16,18-19,21-23,25-30,40-41H,5,8,11,14,17,20,24,31-34H2,1-4H3,(H,44,48)(H,45,46)/b7-6-,10-9-,13-12-,16-15-,19-18+/t40?,41-/m0/s1. The summed E-state index contributed by atoms with van der Waals surface area (Å²) in [6, 6.07) is 17.5. The van der Waals surface area contributed by atoms with Crippen LogP contribution in [0.4, 0.5) is 0 Å². The predicted octanol–water partition coefficient (Wildman–Crippen LogP) is 9.55. The van der Waals surface area contributed by atoms with Crippen molar-refractivity contribution < 1.29 is 29.0 Å².